The van der Waals surface area contributed by atoms with Crippen molar-refractivity contribution in [2.75, 3.05) is 0 Å². The Hall–Kier alpha value is 0.240. The van der Waals surface area contributed by atoms with Crippen molar-refractivity contribution in [2.24, 2.45) is 0 Å². The van der Waals surface area contributed by atoms with Gasteiger partial charge in [0.25, 0.3) is 0 Å². The Labute approximate surface area is 105 Å². The minimum absolute atomic E-state index is 0.123. The molecule has 0 saturated carbocycles. The first-order valence-electron chi connectivity index (χ1n) is 3.78. The highest BCUT2D eigenvalue weighted by Gasteiger charge is 2.12. The monoisotopic (exact) mass is 314 g/mol. The fraction of sp³-hybridized carbons (Fsp3) is 0.222. The van der Waals surface area contributed by atoms with Gasteiger partial charge in [0.2, 0.25) is 5.24 Å². The van der Waals surface area contributed by atoms with E-state index >= 15 is 0 Å². The van der Waals surface area contributed by atoms with Gasteiger partial charge in [0.05, 0.1) is 10.0 Å². The molecule has 1 rings (SSSR count). The smallest absolute Gasteiger partial charge is 0.223 e. The Morgan fingerprint density at radius 3 is 2.50 bits per heavy atom. The number of carbonyl (C=O) groups excluding carboxylic acids is 1. The second-order valence-electron chi connectivity index (χ2n) is 2.70. The summed E-state index contributed by atoms with van der Waals surface area (Å²) in [5, 5.41) is 0.570. The molecule has 0 aliphatic heterocycles. The van der Waals surface area contributed by atoms with Crippen LogP contribution < -0.4 is 0 Å². The zero-order valence-electron chi connectivity index (χ0n) is 6.94. The van der Waals surface area contributed by atoms with Crippen molar-refractivity contribution < 1.29 is 4.79 Å². The van der Waals surface area contributed by atoms with E-state index in [2.05, 4.69) is 15.9 Å². The van der Waals surface area contributed by atoms with Gasteiger partial charge in [-0.25, -0.2) is 0 Å². The first-order chi connectivity index (χ1) is 6.50. The molecule has 1 nitrogen and oxygen atoms in total. The van der Waals surface area contributed by atoms with E-state index in [0.29, 0.717) is 10.0 Å². The Morgan fingerprint density at radius 2 is 2.00 bits per heavy atom. The second-order valence-corrected chi connectivity index (χ2v) is 5.04. The van der Waals surface area contributed by atoms with Crippen molar-refractivity contribution in [3.63, 3.8) is 0 Å². The summed E-state index contributed by atoms with van der Waals surface area (Å²) in [6, 6.07) is 5.20. The van der Waals surface area contributed by atoms with Crippen LogP contribution in [-0.4, -0.2) is 5.24 Å². The topological polar surface area (TPSA) is 17.1 Å². The summed E-state index contributed by atoms with van der Waals surface area (Å²) in [5.74, 6) is 0. The maximum absolute atomic E-state index is 10.7. The van der Waals surface area contributed by atoms with Crippen LogP contribution in [0.1, 0.15) is 16.8 Å². The average Bonchev–Trinajstić information content (AvgIpc) is 2.08. The maximum atomic E-state index is 10.7. The predicted octanol–water partition coefficient (Wildman–Crippen LogP) is 4.58. The fourth-order valence-electron chi connectivity index (χ4n) is 0.966. The SMILES string of the molecule is O=C(Cl)CC(Br)c1ccc(Cl)c(Cl)c1. The molecular weight excluding hydrogens is 310 g/mol. The molecule has 1 atom stereocenters. The van der Waals surface area contributed by atoms with E-state index in [-0.39, 0.29) is 11.2 Å². The van der Waals surface area contributed by atoms with Crippen molar-refractivity contribution >= 4 is 56.0 Å². The number of alkyl halides is 1. The maximum Gasteiger partial charge on any atom is 0.223 e. The van der Waals surface area contributed by atoms with Crippen molar-refractivity contribution in [1.82, 2.24) is 0 Å². The molecule has 5 heteroatoms. The third-order valence-corrected chi connectivity index (χ3v) is 3.39. The second kappa shape index (κ2) is 5.36. The Bertz CT molecular complexity index is 354. The molecule has 0 radical (unpaired) electrons. The highest BCUT2D eigenvalue weighted by Crippen LogP contribution is 2.31. The van der Waals surface area contributed by atoms with Gasteiger partial charge in [0, 0.05) is 11.2 Å². The average molecular weight is 316 g/mol. The van der Waals surface area contributed by atoms with Crippen LogP contribution >= 0.6 is 50.7 Å². The van der Waals surface area contributed by atoms with Gasteiger partial charge in [0.1, 0.15) is 0 Å². The third-order valence-electron chi connectivity index (χ3n) is 1.65. The molecule has 1 aromatic rings. The van der Waals surface area contributed by atoms with E-state index in [1.54, 1.807) is 18.2 Å². The van der Waals surface area contributed by atoms with Gasteiger partial charge >= 0.3 is 0 Å². The Morgan fingerprint density at radius 1 is 1.36 bits per heavy atom. The summed E-state index contributed by atoms with van der Waals surface area (Å²) < 4.78 is 0. The minimum atomic E-state index is -0.391. The first-order valence-corrected chi connectivity index (χ1v) is 5.83. The molecule has 1 aromatic carbocycles. The molecular formula is C9H6BrCl3O. The normalized spacial score (nSPS) is 12.6. The zero-order valence-corrected chi connectivity index (χ0v) is 10.8. The molecule has 0 aromatic heterocycles. The number of benzene rings is 1. The van der Waals surface area contributed by atoms with Crippen LogP contribution in [0.4, 0.5) is 0 Å². The van der Waals surface area contributed by atoms with Crippen LogP contribution in [0.2, 0.25) is 10.0 Å². The molecule has 0 amide bonds. The molecule has 0 fully saturated rings. The molecule has 76 valence electrons. The number of rotatable bonds is 3. The lowest BCUT2D eigenvalue weighted by Crippen LogP contribution is -1.95. The summed E-state index contributed by atoms with van der Waals surface area (Å²) in [6.45, 7) is 0. The van der Waals surface area contributed by atoms with Crippen LogP contribution in [0.3, 0.4) is 0 Å². The van der Waals surface area contributed by atoms with E-state index in [9.17, 15) is 4.79 Å². The van der Waals surface area contributed by atoms with Crippen LogP contribution in [-0.2, 0) is 4.79 Å². The van der Waals surface area contributed by atoms with Gasteiger partial charge in [0.15, 0.2) is 0 Å². The number of halogens is 4. The highest BCUT2D eigenvalue weighted by atomic mass is 79.9. The van der Waals surface area contributed by atoms with E-state index in [4.69, 9.17) is 34.8 Å². The van der Waals surface area contributed by atoms with Gasteiger partial charge in [-0.15, -0.1) is 0 Å². The molecule has 0 aliphatic carbocycles. The quantitative estimate of drug-likeness (QED) is 0.589. The minimum Gasteiger partial charge on any atom is -0.281 e. The van der Waals surface area contributed by atoms with E-state index in [0.717, 1.165) is 5.56 Å². The highest BCUT2D eigenvalue weighted by molar-refractivity contribution is 9.09. The lowest BCUT2D eigenvalue weighted by Gasteiger charge is -2.08. The first kappa shape index (κ1) is 12.3. The fourth-order valence-corrected chi connectivity index (χ4v) is 2.19. The molecule has 0 heterocycles. The molecule has 0 spiro atoms. The number of hydrogen-bond donors (Lipinski definition) is 0. The summed E-state index contributed by atoms with van der Waals surface area (Å²) >= 11 is 20.2. The van der Waals surface area contributed by atoms with Crippen molar-refractivity contribution in [3.8, 4) is 0 Å². The molecule has 14 heavy (non-hydrogen) atoms. The predicted molar refractivity (Wildman–Crippen MR) is 63.6 cm³/mol. The molecule has 0 aliphatic rings. The Kier molecular flexibility index (Phi) is 4.71. The molecule has 0 N–H and O–H groups in total. The molecule has 0 bridgehead atoms. The molecule has 1 unspecified atom stereocenters. The summed E-state index contributed by atoms with van der Waals surface area (Å²) in [5.41, 5.74) is 0.883. The van der Waals surface area contributed by atoms with Crippen LogP contribution in [0.15, 0.2) is 18.2 Å². The molecule has 0 saturated heterocycles. The van der Waals surface area contributed by atoms with Crippen molar-refractivity contribution in [3.05, 3.63) is 33.8 Å². The van der Waals surface area contributed by atoms with E-state index in [1.807, 2.05) is 0 Å². The standard InChI is InChI=1S/C9H6BrCl3O/c10-6(4-9(13)14)5-1-2-7(11)8(12)3-5/h1-3,6H,4H2. The summed E-state index contributed by atoms with van der Waals surface area (Å²) in [6.07, 6.45) is 0.222. The van der Waals surface area contributed by atoms with Crippen LogP contribution in [0.5, 0.6) is 0 Å². The van der Waals surface area contributed by atoms with E-state index < -0.39 is 5.24 Å². The third kappa shape index (κ3) is 3.43. The summed E-state index contributed by atoms with van der Waals surface area (Å²) in [7, 11) is 0. The van der Waals surface area contributed by atoms with Gasteiger partial charge in [-0.3, -0.25) is 4.79 Å². The Balaban J connectivity index is 2.85. The van der Waals surface area contributed by atoms with Crippen molar-refractivity contribution in [2.45, 2.75) is 11.2 Å². The number of carbonyl (C=O) groups is 1. The van der Waals surface area contributed by atoms with E-state index in [1.165, 1.54) is 0 Å². The number of hydrogen-bond acceptors (Lipinski definition) is 1. The zero-order chi connectivity index (χ0) is 10.7. The largest absolute Gasteiger partial charge is 0.281 e. The van der Waals surface area contributed by atoms with Gasteiger partial charge < -0.3 is 0 Å². The lowest BCUT2D eigenvalue weighted by molar-refractivity contribution is -0.111. The summed E-state index contributed by atoms with van der Waals surface area (Å²) in [4.78, 5) is 10.5. The van der Waals surface area contributed by atoms with Crippen LogP contribution in [0.25, 0.3) is 0 Å². The lowest BCUT2D eigenvalue weighted by atomic mass is 10.1. The van der Waals surface area contributed by atoms with Gasteiger partial charge in [-0.1, -0.05) is 45.2 Å². The van der Waals surface area contributed by atoms with Gasteiger partial charge in [-0.05, 0) is 29.3 Å². The van der Waals surface area contributed by atoms with Crippen LogP contribution in [0, 0.1) is 0 Å². The van der Waals surface area contributed by atoms with Crippen molar-refractivity contribution in [1.29, 1.82) is 0 Å². The van der Waals surface area contributed by atoms with Gasteiger partial charge in [-0.2, -0.15) is 0 Å².